The average Bonchev–Trinajstić information content (AvgIpc) is 2.63. The lowest BCUT2D eigenvalue weighted by molar-refractivity contribution is -0.135. The van der Waals surface area contributed by atoms with E-state index < -0.39 is 15.5 Å². The van der Waals surface area contributed by atoms with Gasteiger partial charge in [0.25, 0.3) is 3.79 Å². The Hall–Kier alpha value is -1.15. The fourth-order valence-electron chi connectivity index (χ4n) is 0.972. The quantitative estimate of drug-likeness (QED) is 0.500. The maximum Gasteiger partial charge on any atom is 0.315 e. The Labute approximate surface area is 112 Å². The number of alkyl halides is 3. The van der Waals surface area contributed by atoms with Gasteiger partial charge < -0.3 is 10.1 Å². The van der Waals surface area contributed by atoms with Crippen LogP contribution in [0.25, 0.3) is 0 Å². The van der Waals surface area contributed by atoms with Crippen molar-refractivity contribution in [1.29, 1.82) is 0 Å². The second kappa shape index (κ2) is 5.46. The number of Topliss-reactive ketones (excluding diaryl/α,β-unsaturated/α-hetero) is 1. The number of aromatic nitrogens is 1. The molecule has 0 aliphatic carbocycles. The molecule has 0 unspecified atom stereocenters. The minimum atomic E-state index is -2.03. The maximum atomic E-state index is 11.5. The number of nitrogens with one attached hydrogen (secondary N) is 1. The van der Waals surface area contributed by atoms with Gasteiger partial charge in [0.15, 0.2) is 0 Å². The van der Waals surface area contributed by atoms with Gasteiger partial charge in [0.05, 0.1) is 5.69 Å². The number of carbonyl (C=O) groups excluding carboxylic acids is 1. The fraction of sp³-hybridized carbons (Fsp3) is 0.200. The van der Waals surface area contributed by atoms with Gasteiger partial charge >= 0.3 is 5.97 Å². The van der Waals surface area contributed by atoms with Crippen LogP contribution in [-0.2, 0) is 4.79 Å². The van der Waals surface area contributed by atoms with E-state index >= 15 is 0 Å². The Bertz CT molecular complexity index is 505. The summed E-state index contributed by atoms with van der Waals surface area (Å²) in [5.74, 6) is 3.25. The summed E-state index contributed by atoms with van der Waals surface area (Å²) in [5.41, 5.74) is 0.550. The third-order valence-electron chi connectivity index (χ3n) is 1.66. The monoisotopic (exact) mass is 293 g/mol. The number of rotatable bonds is 2. The number of halogens is 3. The van der Waals surface area contributed by atoms with E-state index in [-0.39, 0.29) is 12.1 Å². The topological polar surface area (TPSA) is 70.2 Å². The van der Waals surface area contributed by atoms with Crippen molar-refractivity contribution >= 4 is 46.6 Å². The summed E-state index contributed by atoms with van der Waals surface area (Å²) in [6.07, 6.45) is 1.15. The van der Waals surface area contributed by atoms with E-state index in [2.05, 4.69) is 16.8 Å². The van der Waals surface area contributed by atoms with Gasteiger partial charge in [-0.05, 0) is 6.07 Å². The Morgan fingerprint density at radius 2 is 2.06 bits per heavy atom. The van der Waals surface area contributed by atoms with Crippen LogP contribution in [0, 0.1) is 11.8 Å². The van der Waals surface area contributed by atoms with Crippen LogP contribution in [-0.4, -0.2) is 25.6 Å². The highest BCUT2D eigenvalue weighted by Gasteiger charge is 2.32. The highest BCUT2D eigenvalue weighted by Crippen LogP contribution is 2.30. The van der Waals surface area contributed by atoms with Gasteiger partial charge in [0.1, 0.15) is 6.42 Å². The summed E-state index contributed by atoms with van der Waals surface area (Å²) in [6.45, 7) is 0. The molecular formula is C10H6Cl3NO3. The van der Waals surface area contributed by atoms with Crippen LogP contribution in [0.1, 0.15) is 22.5 Å². The molecule has 2 N–H and O–H groups in total. The minimum Gasteiger partial charge on any atom is -0.481 e. The number of ketones is 1. The van der Waals surface area contributed by atoms with Crippen LogP contribution in [0.2, 0.25) is 0 Å². The number of aliphatic carboxylic acids is 1. The van der Waals surface area contributed by atoms with Gasteiger partial charge in [-0.25, -0.2) is 0 Å². The Morgan fingerprint density at radius 1 is 1.41 bits per heavy atom. The largest absolute Gasteiger partial charge is 0.481 e. The Balaban J connectivity index is 2.81. The molecule has 0 aliphatic rings. The van der Waals surface area contributed by atoms with Gasteiger partial charge in [-0.15, -0.1) is 0 Å². The molecule has 0 fully saturated rings. The molecule has 1 rings (SSSR count). The molecule has 17 heavy (non-hydrogen) atoms. The van der Waals surface area contributed by atoms with E-state index in [0.29, 0.717) is 5.56 Å². The minimum absolute atomic E-state index is 0.102. The van der Waals surface area contributed by atoms with Crippen LogP contribution >= 0.6 is 34.8 Å². The molecule has 1 aromatic heterocycles. The van der Waals surface area contributed by atoms with Crippen molar-refractivity contribution in [2.75, 3.05) is 0 Å². The first kappa shape index (κ1) is 13.9. The molecule has 0 saturated heterocycles. The first-order chi connectivity index (χ1) is 7.80. The van der Waals surface area contributed by atoms with Crippen molar-refractivity contribution in [3.63, 3.8) is 0 Å². The fourth-order valence-corrected chi connectivity index (χ4v) is 1.28. The third kappa shape index (κ3) is 4.31. The number of aromatic amines is 1. The van der Waals surface area contributed by atoms with E-state index in [1.54, 1.807) is 0 Å². The lowest BCUT2D eigenvalue weighted by atomic mass is 10.2. The van der Waals surface area contributed by atoms with Crippen LogP contribution in [0.3, 0.4) is 0 Å². The molecule has 1 heterocycles. The lowest BCUT2D eigenvalue weighted by Crippen LogP contribution is -2.19. The summed E-state index contributed by atoms with van der Waals surface area (Å²) in [7, 11) is 0. The molecular weight excluding hydrogens is 288 g/mol. The van der Waals surface area contributed by atoms with Crippen LogP contribution in [0.15, 0.2) is 12.3 Å². The number of hydrogen-bond acceptors (Lipinski definition) is 2. The number of H-pyrrole nitrogens is 1. The normalized spacial score (nSPS) is 10.5. The highest BCUT2D eigenvalue weighted by molar-refractivity contribution is 6.77. The molecule has 4 nitrogen and oxygen atoms in total. The predicted octanol–water partition coefficient (Wildman–Crippen LogP) is 2.39. The molecule has 0 saturated carbocycles. The average molecular weight is 295 g/mol. The van der Waals surface area contributed by atoms with Crippen molar-refractivity contribution in [3.05, 3.63) is 23.5 Å². The van der Waals surface area contributed by atoms with Crippen molar-refractivity contribution in [1.82, 2.24) is 4.98 Å². The second-order valence-electron chi connectivity index (χ2n) is 3.00. The third-order valence-corrected chi connectivity index (χ3v) is 2.17. The zero-order valence-electron chi connectivity index (χ0n) is 8.26. The lowest BCUT2D eigenvalue weighted by Gasteiger charge is -2.06. The van der Waals surface area contributed by atoms with E-state index in [4.69, 9.17) is 39.9 Å². The molecule has 90 valence electrons. The van der Waals surface area contributed by atoms with Crippen molar-refractivity contribution in [3.8, 4) is 11.8 Å². The summed E-state index contributed by atoms with van der Waals surface area (Å²) in [5, 5.41) is 8.37. The predicted molar refractivity (Wildman–Crippen MR) is 64.5 cm³/mol. The zero-order chi connectivity index (χ0) is 13.1. The van der Waals surface area contributed by atoms with Gasteiger partial charge in [-0.3, -0.25) is 9.59 Å². The maximum absolute atomic E-state index is 11.5. The number of carboxylic acids is 1. The van der Waals surface area contributed by atoms with Crippen LogP contribution in [0.5, 0.6) is 0 Å². The molecule has 0 atom stereocenters. The molecule has 0 aromatic carbocycles. The summed E-state index contributed by atoms with van der Waals surface area (Å²) >= 11 is 16.3. The zero-order valence-corrected chi connectivity index (χ0v) is 10.5. The van der Waals surface area contributed by atoms with Gasteiger partial charge in [0.2, 0.25) is 5.78 Å². The molecule has 1 aromatic rings. The van der Waals surface area contributed by atoms with Crippen molar-refractivity contribution in [2.24, 2.45) is 0 Å². The molecule has 0 spiro atoms. The Morgan fingerprint density at radius 3 is 2.59 bits per heavy atom. The smallest absolute Gasteiger partial charge is 0.315 e. The van der Waals surface area contributed by atoms with Crippen molar-refractivity contribution < 1.29 is 14.7 Å². The molecule has 7 heteroatoms. The number of hydrogen-bond donors (Lipinski definition) is 2. The van der Waals surface area contributed by atoms with Gasteiger partial charge in [-0.1, -0.05) is 46.6 Å². The molecule has 0 aliphatic heterocycles. The summed E-state index contributed by atoms with van der Waals surface area (Å²) in [6, 6.07) is 1.39. The SMILES string of the molecule is O=C(O)CC#Cc1c[nH]c(C(=O)C(Cl)(Cl)Cl)c1. The highest BCUT2D eigenvalue weighted by atomic mass is 35.6. The molecule has 0 radical (unpaired) electrons. The van der Waals surface area contributed by atoms with Gasteiger partial charge in [-0.2, -0.15) is 0 Å². The van der Waals surface area contributed by atoms with E-state index in [1.165, 1.54) is 12.3 Å². The van der Waals surface area contributed by atoms with Crippen molar-refractivity contribution in [2.45, 2.75) is 10.2 Å². The van der Waals surface area contributed by atoms with Crippen LogP contribution in [0.4, 0.5) is 0 Å². The summed E-state index contributed by atoms with van der Waals surface area (Å²) < 4.78 is -2.03. The number of carboxylic acid groups (broad SMARTS) is 1. The standard InChI is InChI=1S/C10H6Cl3NO3/c11-10(12,13)9(17)7-4-6(5-14-7)2-1-3-8(15)16/h4-5,14H,3H2,(H,15,16). The van der Waals surface area contributed by atoms with E-state index in [0.717, 1.165) is 0 Å². The van der Waals surface area contributed by atoms with Crippen LogP contribution < -0.4 is 0 Å². The second-order valence-corrected chi connectivity index (χ2v) is 5.28. The van der Waals surface area contributed by atoms with E-state index in [1.807, 2.05) is 0 Å². The van der Waals surface area contributed by atoms with E-state index in [9.17, 15) is 9.59 Å². The molecule has 0 bridgehead atoms. The number of carbonyl (C=O) groups is 2. The first-order valence-electron chi connectivity index (χ1n) is 4.31. The molecule has 0 amide bonds. The summed E-state index contributed by atoms with van der Waals surface area (Å²) in [4.78, 5) is 24.3. The van der Waals surface area contributed by atoms with Gasteiger partial charge in [0, 0.05) is 11.8 Å². The first-order valence-corrected chi connectivity index (χ1v) is 5.44. The Kier molecular flexibility index (Phi) is 4.47.